The van der Waals surface area contributed by atoms with Crippen molar-refractivity contribution in [2.24, 2.45) is 0 Å². The van der Waals surface area contributed by atoms with Gasteiger partial charge in [0.05, 0.1) is 22.9 Å². The van der Waals surface area contributed by atoms with Crippen LogP contribution in [-0.4, -0.2) is 30.1 Å². The Morgan fingerprint density at radius 3 is 2.69 bits per heavy atom. The summed E-state index contributed by atoms with van der Waals surface area (Å²) >= 11 is 1.56. The van der Waals surface area contributed by atoms with Crippen LogP contribution in [0.25, 0.3) is 10.2 Å². The van der Waals surface area contributed by atoms with Gasteiger partial charge in [-0.05, 0) is 51.0 Å². The molecule has 1 aliphatic rings. The first-order valence-electron chi connectivity index (χ1n) is 8.97. The van der Waals surface area contributed by atoms with Gasteiger partial charge in [0.15, 0.2) is 5.13 Å². The Hall–Kier alpha value is -2.24. The van der Waals surface area contributed by atoms with Crippen LogP contribution < -0.4 is 4.90 Å². The third kappa shape index (κ3) is 3.50. The molecule has 4 rings (SSSR count). The van der Waals surface area contributed by atoms with Gasteiger partial charge < -0.3 is 4.74 Å². The fourth-order valence-electron chi connectivity index (χ4n) is 3.47. The van der Waals surface area contributed by atoms with E-state index in [9.17, 15) is 4.79 Å². The van der Waals surface area contributed by atoms with E-state index in [-0.39, 0.29) is 12.0 Å². The van der Waals surface area contributed by atoms with Crippen molar-refractivity contribution in [3.05, 3.63) is 59.2 Å². The second-order valence-corrected chi connectivity index (χ2v) is 7.90. The van der Waals surface area contributed by atoms with Crippen molar-refractivity contribution in [1.29, 1.82) is 0 Å². The highest BCUT2D eigenvalue weighted by Gasteiger charge is 2.27. The Morgan fingerprint density at radius 2 is 2.00 bits per heavy atom. The maximum atomic E-state index is 13.4. The lowest BCUT2D eigenvalue weighted by atomic mass is 10.1. The first kappa shape index (κ1) is 17.2. The molecule has 0 radical (unpaired) electrons. The van der Waals surface area contributed by atoms with E-state index in [1.54, 1.807) is 16.2 Å². The number of hydrogen-bond acceptors (Lipinski definition) is 4. The van der Waals surface area contributed by atoms with Gasteiger partial charge in [-0.2, -0.15) is 0 Å². The monoisotopic (exact) mass is 366 g/mol. The standard InChI is InChI=1S/C21H22N2O2S/c1-14-10-15(2)12-16(11-14)20(24)23(13-17-6-5-9-25-17)21-22-18-7-3-4-8-19(18)26-21/h3-4,7-8,10-12,17H,5-6,9,13H2,1-2H3/t17-/m0/s1. The van der Waals surface area contributed by atoms with Crippen LogP contribution in [0.3, 0.4) is 0 Å². The van der Waals surface area contributed by atoms with E-state index in [0.717, 1.165) is 45.9 Å². The molecule has 134 valence electrons. The molecule has 0 N–H and O–H groups in total. The van der Waals surface area contributed by atoms with Crippen molar-refractivity contribution in [3.8, 4) is 0 Å². The van der Waals surface area contributed by atoms with E-state index in [1.165, 1.54) is 0 Å². The normalized spacial score (nSPS) is 16.9. The van der Waals surface area contributed by atoms with Crippen LogP contribution in [0.1, 0.15) is 34.3 Å². The van der Waals surface area contributed by atoms with E-state index < -0.39 is 0 Å². The summed E-state index contributed by atoms with van der Waals surface area (Å²) in [5, 5.41) is 0.742. The van der Waals surface area contributed by atoms with Crippen molar-refractivity contribution in [3.63, 3.8) is 0 Å². The molecule has 0 bridgehead atoms. The summed E-state index contributed by atoms with van der Waals surface area (Å²) in [6.45, 7) is 5.36. The van der Waals surface area contributed by atoms with Gasteiger partial charge in [0.25, 0.3) is 5.91 Å². The smallest absolute Gasteiger partial charge is 0.260 e. The average Bonchev–Trinajstić information content (AvgIpc) is 3.27. The quantitative estimate of drug-likeness (QED) is 0.670. The molecule has 2 heterocycles. The largest absolute Gasteiger partial charge is 0.376 e. The Balaban J connectivity index is 1.72. The molecule has 1 saturated heterocycles. The van der Waals surface area contributed by atoms with E-state index in [2.05, 4.69) is 6.07 Å². The zero-order valence-electron chi connectivity index (χ0n) is 15.1. The van der Waals surface area contributed by atoms with Crippen molar-refractivity contribution in [2.45, 2.75) is 32.8 Å². The third-order valence-corrected chi connectivity index (χ3v) is 5.70. The Bertz CT molecular complexity index is 891. The zero-order valence-corrected chi connectivity index (χ0v) is 15.9. The Labute approximate surface area is 157 Å². The van der Waals surface area contributed by atoms with Crippen molar-refractivity contribution in [1.82, 2.24) is 4.98 Å². The van der Waals surface area contributed by atoms with Gasteiger partial charge >= 0.3 is 0 Å². The van der Waals surface area contributed by atoms with Crippen molar-refractivity contribution in [2.75, 3.05) is 18.1 Å². The van der Waals surface area contributed by atoms with Gasteiger partial charge in [-0.3, -0.25) is 9.69 Å². The second-order valence-electron chi connectivity index (χ2n) is 6.89. The number of fused-ring (bicyclic) bond motifs is 1. The highest BCUT2D eigenvalue weighted by Crippen LogP contribution is 2.31. The SMILES string of the molecule is Cc1cc(C)cc(C(=O)N(C[C@@H]2CCCO2)c2nc3ccccc3s2)c1. The topological polar surface area (TPSA) is 42.4 Å². The molecular formula is C21H22N2O2S. The summed E-state index contributed by atoms with van der Waals surface area (Å²) in [5.74, 6) is -0.00800. The molecule has 3 aromatic rings. The highest BCUT2D eigenvalue weighted by atomic mass is 32.1. The van der Waals surface area contributed by atoms with Gasteiger partial charge in [-0.15, -0.1) is 0 Å². The van der Waals surface area contributed by atoms with Gasteiger partial charge in [-0.1, -0.05) is 40.7 Å². The molecule has 1 fully saturated rings. The fourth-order valence-corrected chi connectivity index (χ4v) is 4.44. The van der Waals surface area contributed by atoms with Crippen LogP contribution in [0.5, 0.6) is 0 Å². The number of hydrogen-bond donors (Lipinski definition) is 0. The highest BCUT2D eigenvalue weighted by molar-refractivity contribution is 7.22. The van der Waals surface area contributed by atoms with Crippen LogP contribution in [0, 0.1) is 13.8 Å². The molecule has 1 atom stereocenters. The van der Waals surface area contributed by atoms with Crippen LogP contribution in [0.15, 0.2) is 42.5 Å². The maximum Gasteiger partial charge on any atom is 0.260 e. The van der Waals surface area contributed by atoms with Crippen LogP contribution >= 0.6 is 11.3 Å². The first-order chi connectivity index (χ1) is 12.6. The third-order valence-electron chi connectivity index (χ3n) is 4.64. The molecule has 1 amide bonds. The first-order valence-corrected chi connectivity index (χ1v) is 9.79. The van der Waals surface area contributed by atoms with Gasteiger partial charge in [0, 0.05) is 12.2 Å². The fraction of sp³-hybridized carbons (Fsp3) is 0.333. The minimum atomic E-state index is -0.00800. The Kier molecular flexibility index (Phi) is 4.74. The number of carbonyl (C=O) groups excluding carboxylic acids is 1. The molecule has 4 nitrogen and oxygen atoms in total. The van der Waals surface area contributed by atoms with Gasteiger partial charge in [0.2, 0.25) is 0 Å². The number of amides is 1. The van der Waals surface area contributed by atoms with E-state index in [0.29, 0.717) is 12.1 Å². The number of benzene rings is 2. The number of thiazole rings is 1. The number of nitrogens with zero attached hydrogens (tertiary/aromatic N) is 2. The molecule has 0 aliphatic carbocycles. The summed E-state index contributed by atoms with van der Waals surface area (Å²) in [6, 6.07) is 14.0. The summed E-state index contributed by atoms with van der Waals surface area (Å²) in [4.78, 5) is 19.9. The maximum absolute atomic E-state index is 13.4. The summed E-state index contributed by atoms with van der Waals surface area (Å²) in [6.07, 6.45) is 2.12. The van der Waals surface area contributed by atoms with Gasteiger partial charge in [-0.25, -0.2) is 4.98 Å². The molecule has 26 heavy (non-hydrogen) atoms. The van der Waals surface area contributed by atoms with Crippen LogP contribution in [0.2, 0.25) is 0 Å². The molecule has 1 aromatic heterocycles. The number of carbonyl (C=O) groups is 1. The molecule has 5 heteroatoms. The van der Waals surface area contributed by atoms with Crippen molar-refractivity contribution < 1.29 is 9.53 Å². The molecule has 0 spiro atoms. The number of rotatable bonds is 4. The van der Waals surface area contributed by atoms with E-state index in [4.69, 9.17) is 9.72 Å². The number of anilines is 1. The van der Waals surface area contributed by atoms with Crippen LogP contribution in [-0.2, 0) is 4.74 Å². The lowest BCUT2D eigenvalue weighted by molar-refractivity contribution is 0.0917. The minimum absolute atomic E-state index is 0.00800. The van der Waals surface area contributed by atoms with Crippen LogP contribution in [0.4, 0.5) is 5.13 Å². The van der Waals surface area contributed by atoms with E-state index >= 15 is 0 Å². The van der Waals surface area contributed by atoms with Gasteiger partial charge in [0.1, 0.15) is 0 Å². The number of para-hydroxylation sites is 1. The molecule has 2 aromatic carbocycles. The summed E-state index contributed by atoms with van der Waals surface area (Å²) in [5.41, 5.74) is 3.82. The summed E-state index contributed by atoms with van der Waals surface area (Å²) < 4.78 is 6.89. The predicted octanol–water partition coefficient (Wildman–Crippen LogP) is 4.74. The molecule has 0 saturated carbocycles. The number of aromatic nitrogens is 1. The average molecular weight is 366 g/mol. The predicted molar refractivity (Wildman–Crippen MR) is 106 cm³/mol. The zero-order chi connectivity index (χ0) is 18.1. The van der Waals surface area contributed by atoms with Crippen molar-refractivity contribution >= 4 is 32.6 Å². The lowest BCUT2D eigenvalue weighted by Crippen LogP contribution is -2.37. The number of ether oxygens (including phenoxy) is 1. The minimum Gasteiger partial charge on any atom is -0.376 e. The second kappa shape index (κ2) is 7.17. The number of aryl methyl sites for hydroxylation is 2. The lowest BCUT2D eigenvalue weighted by Gasteiger charge is -2.23. The molecule has 1 aliphatic heterocycles. The molecular weight excluding hydrogens is 344 g/mol. The Morgan fingerprint density at radius 1 is 1.23 bits per heavy atom. The molecule has 0 unspecified atom stereocenters. The van der Waals surface area contributed by atoms with E-state index in [1.807, 2.05) is 50.2 Å². The summed E-state index contributed by atoms with van der Waals surface area (Å²) in [7, 11) is 0.